The Morgan fingerprint density at radius 2 is 0.561 bits per heavy atom. The average Bonchev–Trinajstić information content (AvgIpc) is 1.59. The Balaban J connectivity index is 1.06. The number of aromatic amines is 2. The molecule has 0 radical (unpaired) electrons. The van der Waals surface area contributed by atoms with E-state index >= 15 is 0 Å². The maximum absolute atomic E-state index is 12.7. The van der Waals surface area contributed by atoms with Gasteiger partial charge in [-0.2, -0.15) is 0 Å². The number of hydrogen-bond donors (Lipinski definition) is 20. The third-order valence-electron chi connectivity index (χ3n) is 18.1. The molecular formula is C68H72N4O26. The largest absolute Gasteiger partial charge is 0.462 e. The van der Waals surface area contributed by atoms with Crippen molar-refractivity contribution in [2.24, 2.45) is 0 Å². The van der Waals surface area contributed by atoms with E-state index in [2.05, 4.69) is 9.97 Å². The molecule has 4 saturated heterocycles. The number of H-pyrrole nitrogens is 2. The molecule has 30 heteroatoms. The highest BCUT2D eigenvalue weighted by Crippen LogP contribution is 2.46. The summed E-state index contributed by atoms with van der Waals surface area (Å²) in [5, 5.41) is 195. The minimum absolute atomic E-state index is 0.00786. The van der Waals surface area contributed by atoms with E-state index in [1.54, 1.807) is 97.1 Å². The number of fused-ring (bicyclic) bond motifs is 8. The van der Waals surface area contributed by atoms with Gasteiger partial charge in [0.05, 0.1) is 49.2 Å². The molecule has 3 aromatic heterocycles. The molecule has 520 valence electrons. The number of aliphatic hydroxyl groups is 18. The fourth-order valence-electron chi connectivity index (χ4n) is 12.8. The number of hydrogen-bond acceptors (Lipinski definition) is 28. The predicted molar refractivity (Wildman–Crippen MR) is 339 cm³/mol. The van der Waals surface area contributed by atoms with Gasteiger partial charge in [0.25, 0.3) is 0 Å². The first kappa shape index (κ1) is 68.6. The predicted octanol–water partition coefficient (Wildman–Crippen LogP) is -1.36. The van der Waals surface area contributed by atoms with Crippen LogP contribution in [0, 0.1) is 0 Å². The molecule has 13 rings (SSSR count). The van der Waals surface area contributed by atoms with Gasteiger partial charge in [-0.15, -0.1) is 0 Å². The van der Waals surface area contributed by atoms with E-state index in [0.717, 1.165) is 0 Å². The van der Waals surface area contributed by atoms with Gasteiger partial charge in [-0.1, -0.05) is 48.5 Å². The Hall–Kier alpha value is -7.94. The van der Waals surface area contributed by atoms with Crippen LogP contribution in [0.2, 0.25) is 0 Å². The lowest BCUT2D eigenvalue weighted by Crippen LogP contribution is -2.60. The first-order chi connectivity index (χ1) is 47.2. The first-order valence-corrected chi connectivity index (χ1v) is 31.3. The first-order valence-electron chi connectivity index (χ1n) is 31.3. The molecule has 9 heterocycles. The third kappa shape index (κ3) is 12.9. The molecule has 0 spiro atoms. The molecule has 4 aromatic carbocycles. The van der Waals surface area contributed by atoms with Crippen molar-refractivity contribution < 1.29 is 130 Å². The van der Waals surface area contributed by atoms with E-state index in [1.165, 1.54) is 36.4 Å². The number of nitrogens with one attached hydrogen (secondary N) is 2. The second-order valence-electron chi connectivity index (χ2n) is 24.4. The van der Waals surface area contributed by atoms with Gasteiger partial charge < -0.3 is 140 Å². The average molecular weight is 1360 g/mol. The Labute approximate surface area is 555 Å². The lowest BCUT2D eigenvalue weighted by molar-refractivity contribution is -0.277. The van der Waals surface area contributed by atoms with Crippen molar-refractivity contribution in [2.45, 2.75) is 135 Å². The summed E-state index contributed by atoms with van der Waals surface area (Å²) < 4.78 is 47.4. The van der Waals surface area contributed by atoms with Crippen LogP contribution in [-0.2, 0) is 18.9 Å². The van der Waals surface area contributed by atoms with Crippen LogP contribution in [0.4, 0.5) is 0 Å². The van der Waals surface area contributed by atoms with Crippen LogP contribution in [0.15, 0.2) is 121 Å². The molecule has 0 aliphatic carbocycles. The molecule has 7 aromatic rings. The van der Waals surface area contributed by atoms with Gasteiger partial charge in [0.15, 0.2) is 0 Å². The summed E-state index contributed by atoms with van der Waals surface area (Å²) in [6, 6.07) is 32.0. The molecular weight excluding hydrogens is 1290 g/mol. The zero-order valence-corrected chi connectivity index (χ0v) is 51.4. The summed E-state index contributed by atoms with van der Waals surface area (Å²) in [6.07, 6.45) is -33.1. The van der Waals surface area contributed by atoms with Crippen LogP contribution >= 0.6 is 0 Å². The summed E-state index contributed by atoms with van der Waals surface area (Å²) >= 11 is 0. The molecule has 8 bridgehead atoms. The van der Waals surface area contributed by atoms with Gasteiger partial charge in [0.2, 0.25) is 25.2 Å². The standard InChI is InChI=1S/C68H72N4O26/c73-23-41-51(77)57(83)61(87)65(95-41)91-31-9-1-5-27(19-31)45-35-13-14-36(69-35)46(28-6-2-10-32(20-28)92-66-62(88)58(84)52(78)42(24-74)96-66)38-16-18-40(71-38)48(30-8-4-12-34(22-30)94-68-64(90)60(86)54(80)44(26-76)98-68)50-56(82)55(81)49(72-50)47(39-17-15-37(45)70-39)29-7-3-11-33(21-29)93-67-63(89)59(85)53(79)43(25-75)97-67/h1-22,41-44,51-68,70-71,73-90H,23-26H2/t41?,42?,43-,44?,51-,52-,53-,54-,55+,56-,57?,58?,59?,60?,61+,62+,63-,64+,65-,66-,67?,68-/m1/s1. The van der Waals surface area contributed by atoms with Crippen LogP contribution in [0.25, 0.3) is 78.7 Å². The van der Waals surface area contributed by atoms with Crippen molar-refractivity contribution in [1.29, 1.82) is 0 Å². The highest BCUT2D eigenvalue weighted by Gasteiger charge is 2.49. The molecule has 6 aliphatic rings. The van der Waals surface area contributed by atoms with E-state index in [1.807, 2.05) is 0 Å². The lowest BCUT2D eigenvalue weighted by atomic mass is 9.97. The molecule has 6 aliphatic heterocycles. The van der Waals surface area contributed by atoms with Gasteiger partial charge in [0, 0.05) is 44.3 Å². The van der Waals surface area contributed by atoms with E-state index in [-0.39, 0.29) is 67.7 Å². The molecule has 0 amide bonds. The topological polar surface area (TPSA) is 495 Å². The number of benzene rings is 4. The lowest BCUT2D eigenvalue weighted by Gasteiger charge is -2.39. The number of ether oxygens (including phenoxy) is 8. The van der Waals surface area contributed by atoms with Crippen LogP contribution in [0.5, 0.6) is 23.0 Å². The van der Waals surface area contributed by atoms with Crippen LogP contribution in [-0.4, -0.2) is 261 Å². The van der Waals surface area contributed by atoms with Crippen molar-refractivity contribution in [3.05, 3.63) is 144 Å². The summed E-state index contributed by atoms with van der Waals surface area (Å²) in [5.74, 6) is 0.172. The van der Waals surface area contributed by atoms with Crippen LogP contribution in [0.3, 0.4) is 0 Å². The highest BCUT2D eigenvalue weighted by atomic mass is 16.7. The van der Waals surface area contributed by atoms with Gasteiger partial charge in [-0.25, -0.2) is 4.98 Å². The maximum atomic E-state index is 12.7. The normalized spacial score (nSPS) is 32.6. The van der Waals surface area contributed by atoms with E-state index in [0.29, 0.717) is 44.7 Å². The fourth-order valence-corrected chi connectivity index (χ4v) is 12.8. The molecule has 8 unspecified atom stereocenters. The van der Waals surface area contributed by atoms with Gasteiger partial charge in [-0.05, 0) is 107 Å². The maximum Gasteiger partial charge on any atom is 0.229 e. The third-order valence-corrected chi connectivity index (χ3v) is 18.1. The van der Waals surface area contributed by atoms with Gasteiger partial charge in [-0.3, -0.25) is 4.98 Å². The van der Waals surface area contributed by atoms with Gasteiger partial charge in [0.1, 0.15) is 133 Å². The zero-order chi connectivity index (χ0) is 69.1. The molecule has 98 heavy (non-hydrogen) atoms. The molecule has 30 nitrogen and oxygen atoms in total. The monoisotopic (exact) mass is 1360 g/mol. The Morgan fingerprint density at radius 3 is 0.827 bits per heavy atom. The minimum atomic E-state index is -1.86. The minimum Gasteiger partial charge on any atom is -0.462 e. The van der Waals surface area contributed by atoms with Gasteiger partial charge >= 0.3 is 0 Å². The summed E-state index contributed by atoms with van der Waals surface area (Å²) in [6.45, 7) is -2.94. The summed E-state index contributed by atoms with van der Waals surface area (Å²) in [5.41, 5.74) is 3.86. The zero-order valence-electron chi connectivity index (χ0n) is 51.4. The van der Waals surface area contributed by atoms with Crippen LogP contribution in [0.1, 0.15) is 35.0 Å². The van der Waals surface area contributed by atoms with E-state index < -0.39 is 161 Å². The smallest absolute Gasteiger partial charge is 0.229 e. The van der Waals surface area contributed by atoms with Crippen molar-refractivity contribution in [3.8, 4) is 67.5 Å². The molecule has 0 saturated carbocycles. The second kappa shape index (κ2) is 28.4. The van der Waals surface area contributed by atoms with Crippen molar-refractivity contribution in [1.82, 2.24) is 19.9 Å². The van der Waals surface area contributed by atoms with E-state index in [4.69, 9.17) is 47.9 Å². The summed E-state index contributed by atoms with van der Waals surface area (Å²) in [4.78, 5) is 17.4. The number of rotatable bonds is 16. The number of nitrogens with zero attached hydrogens (tertiary/aromatic N) is 2. The number of aliphatic hydroxyl groups excluding tert-OH is 18. The Bertz CT molecular complexity index is 3960. The number of aromatic nitrogens is 4. The highest BCUT2D eigenvalue weighted by molar-refractivity contribution is 5.98. The summed E-state index contributed by atoms with van der Waals surface area (Å²) in [7, 11) is 0. The van der Waals surface area contributed by atoms with E-state index in [9.17, 15) is 91.9 Å². The quantitative estimate of drug-likeness (QED) is 0.0531. The van der Waals surface area contributed by atoms with Crippen molar-refractivity contribution in [2.75, 3.05) is 26.4 Å². The second-order valence-corrected chi connectivity index (χ2v) is 24.4. The van der Waals surface area contributed by atoms with Crippen molar-refractivity contribution in [3.63, 3.8) is 0 Å². The Morgan fingerprint density at radius 1 is 0.306 bits per heavy atom. The SMILES string of the molecule is OCC1O[C@@H](Oc2cccc(-c3c4nc(c(-c5cccc(O[C@@H]6OC(CO)[C@@H](O)C(O)[C@@H]6O)c5)c5ccc([nH]5)c(-c5cccc(OC6O[C@H](CO)[C@@H](O)C(O)[C@H]6O)c5)c5nc(c(-c6cccc(O[C@@H]7OC(CO)[C@@H](O)C(O)[C@@H]7O)c6)c6ccc3[nH]6)[C@@H](O)[C@H]5O)C=C4)c2)[C@@H](O)C(O)[C@@H]1O. The molecule has 4 fully saturated rings. The Kier molecular flexibility index (Phi) is 19.8. The fraction of sp³-hybridized carbons (Fsp3) is 0.382. The molecule has 20 N–H and O–H groups in total. The molecule has 22 atom stereocenters. The van der Waals surface area contributed by atoms with Crippen molar-refractivity contribution >= 4 is 34.2 Å². The van der Waals surface area contributed by atoms with Crippen LogP contribution < -0.4 is 18.9 Å².